The predicted molar refractivity (Wildman–Crippen MR) is 210 cm³/mol. The molecule has 0 radical (unpaired) electrons. The van der Waals surface area contributed by atoms with Gasteiger partial charge in [0.2, 0.25) is 0 Å². The number of aromatic nitrogens is 2. The van der Waals surface area contributed by atoms with E-state index in [2.05, 4.69) is 173 Å². The van der Waals surface area contributed by atoms with E-state index < -0.39 is 0 Å². The van der Waals surface area contributed by atoms with Gasteiger partial charge in [0.1, 0.15) is 0 Å². The van der Waals surface area contributed by atoms with E-state index in [4.69, 9.17) is 0 Å². The summed E-state index contributed by atoms with van der Waals surface area (Å²) in [4.78, 5) is 0. The first-order valence-corrected chi connectivity index (χ1v) is 17.6. The maximum Gasteiger partial charge on any atom is 0.0620 e. The summed E-state index contributed by atoms with van der Waals surface area (Å²) >= 11 is 0. The van der Waals surface area contributed by atoms with Gasteiger partial charge in [0.05, 0.1) is 27.6 Å². The predicted octanol–water partition coefficient (Wildman–Crippen LogP) is 12.4. The van der Waals surface area contributed by atoms with Crippen molar-refractivity contribution in [3.8, 4) is 16.8 Å². The molecule has 0 spiro atoms. The fourth-order valence-corrected chi connectivity index (χ4v) is 9.47. The van der Waals surface area contributed by atoms with Crippen molar-refractivity contribution < 1.29 is 0 Å². The number of hydrogen-bond donors (Lipinski definition) is 0. The topological polar surface area (TPSA) is 9.34 Å². The highest BCUT2D eigenvalue weighted by molar-refractivity contribution is 6.28. The second kappa shape index (κ2) is 9.62. The number of rotatable bonds is 2. The quantitative estimate of drug-likeness (QED) is 0.179. The van der Waals surface area contributed by atoms with Gasteiger partial charge in [0, 0.05) is 49.3 Å². The molecule has 2 nitrogen and oxygen atoms in total. The Morgan fingerprint density at radius 3 is 1.98 bits per heavy atom. The minimum atomic E-state index is 0.333. The first kappa shape index (κ1) is 26.6. The SMILES string of the molecule is c1ccc(C2Cc3ccccc3-c3cc(-n4c5ccccc5c5cc6c(ccc7c8cccc9c%10ccccc%10n(c67)c98)cc54)ccc32)cc1. The molecule has 8 aromatic carbocycles. The van der Waals surface area contributed by atoms with Crippen LogP contribution in [0.15, 0.2) is 164 Å². The molecule has 2 heteroatoms. The molecule has 1 unspecified atom stereocenters. The molecule has 0 N–H and O–H groups in total. The molecule has 12 rings (SSSR count). The highest BCUT2D eigenvalue weighted by Gasteiger charge is 2.27. The fourth-order valence-electron chi connectivity index (χ4n) is 9.47. The van der Waals surface area contributed by atoms with Crippen molar-refractivity contribution in [3.63, 3.8) is 0 Å². The lowest BCUT2D eigenvalue weighted by Gasteiger charge is -2.29. The van der Waals surface area contributed by atoms with Crippen molar-refractivity contribution in [1.82, 2.24) is 8.97 Å². The third-order valence-electron chi connectivity index (χ3n) is 11.6. The molecule has 3 heterocycles. The van der Waals surface area contributed by atoms with Crippen LogP contribution in [0.25, 0.3) is 87.5 Å². The van der Waals surface area contributed by atoms with Crippen molar-refractivity contribution >= 4 is 70.7 Å². The molecule has 0 fully saturated rings. The highest BCUT2D eigenvalue weighted by atomic mass is 15.0. The average molecular weight is 635 g/mol. The zero-order valence-corrected chi connectivity index (χ0v) is 27.3. The van der Waals surface area contributed by atoms with E-state index in [0.717, 1.165) is 6.42 Å². The lowest BCUT2D eigenvalue weighted by Crippen LogP contribution is -2.13. The molecule has 11 aromatic rings. The van der Waals surface area contributed by atoms with Gasteiger partial charge < -0.3 is 8.97 Å². The monoisotopic (exact) mass is 634 g/mol. The van der Waals surface area contributed by atoms with Gasteiger partial charge in [-0.05, 0) is 76.0 Å². The third-order valence-corrected chi connectivity index (χ3v) is 11.6. The minimum Gasteiger partial charge on any atom is -0.309 e. The van der Waals surface area contributed by atoms with Crippen molar-refractivity contribution in [1.29, 1.82) is 0 Å². The van der Waals surface area contributed by atoms with Gasteiger partial charge in [-0.15, -0.1) is 0 Å². The standard InChI is InChI=1S/C48H30N2/c1-2-11-29(12-3-1)40-25-30-13-4-5-14-33(30)42-27-32(22-24-34(40)42)49-44-19-8-7-16-36(44)43-28-41-31(26-46(43)49)21-23-39-38-18-10-17-37-35-15-6-9-20-45(35)50(47(37)38)48(39)41/h1-24,26-28,40H,25H2. The van der Waals surface area contributed by atoms with Crippen LogP contribution in [0.5, 0.6) is 0 Å². The molecule has 3 aromatic heterocycles. The van der Waals surface area contributed by atoms with Gasteiger partial charge in [0.25, 0.3) is 0 Å². The van der Waals surface area contributed by atoms with Gasteiger partial charge in [0.15, 0.2) is 0 Å². The maximum atomic E-state index is 2.52. The van der Waals surface area contributed by atoms with E-state index in [1.54, 1.807) is 0 Å². The summed E-state index contributed by atoms with van der Waals surface area (Å²) in [6.07, 6.45) is 1.02. The summed E-state index contributed by atoms with van der Waals surface area (Å²) in [5, 5.41) is 10.4. The zero-order chi connectivity index (χ0) is 32.5. The van der Waals surface area contributed by atoms with Crippen LogP contribution in [-0.2, 0) is 6.42 Å². The van der Waals surface area contributed by atoms with Gasteiger partial charge in [-0.2, -0.15) is 0 Å². The molecule has 0 amide bonds. The summed E-state index contributed by atoms with van der Waals surface area (Å²) in [7, 11) is 0. The smallest absolute Gasteiger partial charge is 0.0620 e. The van der Waals surface area contributed by atoms with Crippen LogP contribution in [-0.4, -0.2) is 8.97 Å². The highest BCUT2D eigenvalue weighted by Crippen LogP contribution is 2.46. The number of para-hydroxylation sites is 3. The number of nitrogens with zero attached hydrogens (tertiary/aromatic N) is 2. The Kier molecular flexibility index (Phi) is 5.11. The van der Waals surface area contributed by atoms with Gasteiger partial charge in [-0.1, -0.05) is 127 Å². The normalized spacial score (nSPS) is 14.5. The van der Waals surface area contributed by atoms with Crippen molar-refractivity contribution in [2.75, 3.05) is 0 Å². The Bertz CT molecular complexity index is 3180. The molecule has 1 aliphatic carbocycles. The molecule has 0 saturated heterocycles. The summed E-state index contributed by atoms with van der Waals surface area (Å²) in [6, 6.07) is 61.3. The Hall–Kier alpha value is -6.38. The average Bonchev–Trinajstić information content (AvgIpc) is 3.82. The Labute approximate surface area is 288 Å². The molecule has 1 aliphatic rings. The third kappa shape index (κ3) is 3.38. The van der Waals surface area contributed by atoms with E-state index in [9.17, 15) is 0 Å². The number of fused-ring (bicyclic) bond motifs is 14. The molecule has 1 atom stereocenters. The van der Waals surface area contributed by atoms with E-state index in [1.807, 2.05) is 0 Å². The van der Waals surface area contributed by atoms with Crippen LogP contribution in [0.2, 0.25) is 0 Å². The molecule has 232 valence electrons. The molecule has 0 bridgehead atoms. The summed E-state index contributed by atoms with van der Waals surface area (Å²) in [5.74, 6) is 0.333. The lowest BCUT2D eigenvalue weighted by atomic mass is 9.75. The Balaban J connectivity index is 1.16. The van der Waals surface area contributed by atoms with Crippen molar-refractivity contribution in [2.45, 2.75) is 12.3 Å². The first-order valence-electron chi connectivity index (χ1n) is 17.6. The van der Waals surface area contributed by atoms with Crippen molar-refractivity contribution in [3.05, 3.63) is 180 Å². The van der Waals surface area contributed by atoms with Crippen molar-refractivity contribution in [2.24, 2.45) is 0 Å². The second-order valence-corrected chi connectivity index (χ2v) is 14.1. The summed E-state index contributed by atoms with van der Waals surface area (Å²) in [6.45, 7) is 0. The first-order chi connectivity index (χ1) is 24.8. The zero-order valence-electron chi connectivity index (χ0n) is 27.3. The maximum absolute atomic E-state index is 2.52. The number of benzene rings is 8. The fraction of sp³-hybridized carbons (Fsp3) is 0.0417. The molecular formula is C48H30N2. The second-order valence-electron chi connectivity index (χ2n) is 14.1. The van der Waals surface area contributed by atoms with Crippen LogP contribution in [0.1, 0.15) is 22.6 Å². The van der Waals surface area contributed by atoms with Crippen LogP contribution >= 0.6 is 0 Å². The Morgan fingerprint density at radius 2 is 1.10 bits per heavy atom. The van der Waals surface area contributed by atoms with Gasteiger partial charge in [-0.3, -0.25) is 0 Å². The van der Waals surface area contributed by atoms with Crippen LogP contribution in [0, 0.1) is 0 Å². The van der Waals surface area contributed by atoms with E-state index >= 15 is 0 Å². The summed E-state index contributed by atoms with van der Waals surface area (Å²) < 4.78 is 5.01. The molecule has 50 heavy (non-hydrogen) atoms. The summed E-state index contributed by atoms with van der Waals surface area (Å²) in [5.41, 5.74) is 14.4. The number of hydrogen-bond acceptors (Lipinski definition) is 0. The lowest BCUT2D eigenvalue weighted by molar-refractivity contribution is 0.793. The molecule has 0 aliphatic heterocycles. The molecule has 0 saturated carbocycles. The van der Waals surface area contributed by atoms with E-state index in [1.165, 1.54) is 104 Å². The van der Waals surface area contributed by atoms with Gasteiger partial charge in [-0.25, -0.2) is 0 Å². The van der Waals surface area contributed by atoms with Crippen LogP contribution < -0.4 is 0 Å². The molecular weight excluding hydrogens is 605 g/mol. The van der Waals surface area contributed by atoms with Crippen LogP contribution in [0.3, 0.4) is 0 Å². The van der Waals surface area contributed by atoms with E-state index in [0.29, 0.717) is 5.92 Å². The van der Waals surface area contributed by atoms with Gasteiger partial charge >= 0.3 is 0 Å². The Morgan fingerprint density at radius 1 is 0.420 bits per heavy atom. The van der Waals surface area contributed by atoms with Crippen LogP contribution in [0.4, 0.5) is 0 Å². The van der Waals surface area contributed by atoms with E-state index in [-0.39, 0.29) is 0 Å². The minimum absolute atomic E-state index is 0.333. The largest absolute Gasteiger partial charge is 0.309 e.